The predicted octanol–water partition coefficient (Wildman–Crippen LogP) is 6.71. The molecular formula is C43H42FN5O6S. The van der Waals surface area contributed by atoms with E-state index in [1.807, 2.05) is 30.3 Å². The van der Waals surface area contributed by atoms with Gasteiger partial charge in [-0.15, -0.1) is 11.3 Å². The maximum atomic E-state index is 15.7. The predicted molar refractivity (Wildman–Crippen MR) is 213 cm³/mol. The summed E-state index contributed by atoms with van der Waals surface area (Å²) in [7, 11) is 0. The van der Waals surface area contributed by atoms with Crippen molar-refractivity contribution in [1.29, 1.82) is 0 Å². The first-order chi connectivity index (χ1) is 27.2. The third kappa shape index (κ3) is 7.01. The number of aromatic hydroxyl groups is 2. The molecule has 4 aliphatic heterocycles. The summed E-state index contributed by atoms with van der Waals surface area (Å²) in [6.45, 7) is 6.55. The quantitative estimate of drug-likeness (QED) is 0.148. The van der Waals surface area contributed by atoms with Crippen molar-refractivity contribution in [3.05, 3.63) is 95.8 Å². The van der Waals surface area contributed by atoms with Crippen molar-refractivity contribution in [1.82, 2.24) is 15.1 Å². The van der Waals surface area contributed by atoms with Crippen molar-refractivity contribution in [2.75, 3.05) is 55.6 Å². The van der Waals surface area contributed by atoms with E-state index in [1.54, 1.807) is 41.3 Å². The van der Waals surface area contributed by atoms with Crippen LogP contribution in [0.4, 0.5) is 15.8 Å². The molecule has 0 radical (unpaired) electrons. The number of nitrogens with one attached hydrogen (secondary N) is 1. The second-order valence-electron chi connectivity index (χ2n) is 15.2. The number of nitrogens with zero attached hydrogens (tertiary/aromatic N) is 4. The van der Waals surface area contributed by atoms with Gasteiger partial charge in [0.05, 0.1) is 10.6 Å². The summed E-state index contributed by atoms with van der Waals surface area (Å²) in [5.74, 6) is 0.623. The molecule has 1 unspecified atom stereocenters. The van der Waals surface area contributed by atoms with Crippen molar-refractivity contribution in [3.8, 4) is 33.4 Å². The molecule has 5 aromatic rings. The Hall–Kier alpha value is -5.66. The van der Waals surface area contributed by atoms with Crippen LogP contribution in [-0.2, 0) is 16.1 Å². The highest BCUT2D eigenvalue weighted by molar-refractivity contribution is 7.22. The Labute approximate surface area is 327 Å². The number of phenolic OH excluding ortho intramolecular Hbond substituents is 2. The van der Waals surface area contributed by atoms with Gasteiger partial charge < -0.3 is 29.6 Å². The molecule has 3 saturated heterocycles. The Kier molecular flexibility index (Phi) is 9.50. The van der Waals surface area contributed by atoms with Crippen LogP contribution >= 0.6 is 11.3 Å². The van der Waals surface area contributed by atoms with Crippen LogP contribution in [0.25, 0.3) is 20.5 Å². The highest BCUT2D eigenvalue weighted by atomic mass is 32.1. The van der Waals surface area contributed by atoms with Gasteiger partial charge in [0.2, 0.25) is 11.8 Å². The lowest BCUT2D eigenvalue weighted by molar-refractivity contribution is -0.136. The number of thiophene rings is 1. The molecule has 0 bridgehead atoms. The van der Waals surface area contributed by atoms with E-state index in [0.29, 0.717) is 41.6 Å². The number of hydrogen-bond acceptors (Lipinski definition) is 10. The van der Waals surface area contributed by atoms with Crippen LogP contribution in [-0.4, -0.2) is 89.6 Å². The third-order valence-electron chi connectivity index (χ3n) is 11.6. The summed E-state index contributed by atoms with van der Waals surface area (Å²) in [6.07, 6.45) is 2.54. The number of amides is 3. The lowest BCUT2D eigenvalue weighted by atomic mass is 9.95. The minimum atomic E-state index is -0.616. The zero-order chi connectivity index (χ0) is 38.5. The molecule has 288 valence electrons. The van der Waals surface area contributed by atoms with Crippen molar-refractivity contribution in [2.24, 2.45) is 5.92 Å². The molecule has 1 aromatic heterocycles. The number of hydrogen-bond donors (Lipinski definition) is 3. The van der Waals surface area contributed by atoms with Gasteiger partial charge in [-0.25, -0.2) is 4.39 Å². The van der Waals surface area contributed by atoms with Crippen LogP contribution in [0, 0.1) is 11.7 Å². The average Bonchev–Trinajstić information content (AvgIpc) is 3.71. The van der Waals surface area contributed by atoms with Crippen LogP contribution in [0.15, 0.2) is 78.9 Å². The van der Waals surface area contributed by atoms with E-state index in [4.69, 9.17) is 4.74 Å². The molecule has 4 aliphatic rings. The molecule has 1 atom stereocenters. The first-order valence-electron chi connectivity index (χ1n) is 19.2. The lowest BCUT2D eigenvalue weighted by Crippen LogP contribution is -2.52. The monoisotopic (exact) mass is 775 g/mol. The zero-order valence-corrected chi connectivity index (χ0v) is 31.6. The average molecular weight is 776 g/mol. The fourth-order valence-corrected chi connectivity index (χ4v) is 9.73. The van der Waals surface area contributed by atoms with Crippen molar-refractivity contribution >= 4 is 50.5 Å². The van der Waals surface area contributed by atoms with Gasteiger partial charge in [-0.3, -0.25) is 24.6 Å². The number of phenols is 2. The lowest BCUT2D eigenvalue weighted by Gasteiger charge is -2.40. The SMILES string of the molecule is O=C1CCC(N2Cc3cc(N4CCN(CC5CCN(c6ccc(Oc7c(-c8ccc(O)cc8)sc8cc(O)ccc78)cc6F)CC5)CC4)ccc3C2=O)C(=O)N1. The van der Waals surface area contributed by atoms with E-state index in [2.05, 4.69) is 26.1 Å². The van der Waals surface area contributed by atoms with Gasteiger partial charge in [-0.05, 0) is 109 Å². The third-order valence-corrected chi connectivity index (χ3v) is 12.8. The fourth-order valence-electron chi connectivity index (χ4n) is 8.56. The molecule has 4 aromatic carbocycles. The number of piperidine rings is 2. The van der Waals surface area contributed by atoms with Gasteiger partial charge in [0.15, 0.2) is 5.75 Å². The second kappa shape index (κ2) is 14.8. The normalized spacial score (nSPS) is 19.5. The number of halogens is 1. The Morgan fingerprint density at radius 3 is 2.32 bits per heavy atom. The first-order valence-corrected chi connectivity index (χ1v) is 20.0. The van der Waals surface area contributed by atoms with E-state index in [9.17, 15) is 24.6 Å². The maximum Gasteiger partial charge on any atom is 0.255 e. The molecule has 0 spiro atoms. The van der Waals surface area contributed by atoms with Crippen molar-refractivity contribution < 1.29 is 33.7 Å². The molecule has 0 saturated carbocycles. The van der Waals surface area contributed by atoms with E-state index in [-0.39, 0.29) is 35.6 Å². The number of imide groups is 1. The maximum absolute atomic E-state index is 15.7. The summed E-state index contributed by atoms with van der Waals surface area (Å²) in [5.41, 5.74) is 4.04. The fraction of sp³-hybridized carbons (Fsp3) is 0.326. The summed E-state index contributed by atoms with van der Waals surface area (Å²) in [5, 5.41) is 23.1. The number of fused-ring (bicyclic) bond motifs is 2. The minimum Gasteiger partial charge on any atom is -0.508 e. The number of ether oxygens (including phenoxy) is 1. The molecule has 3 N–H and O–H groups in total. The van der Waals surface area contributed by atoms with E-state index < -0.39 is 11.9 Å². The Morgan fingerprint density at radius 1 is 0.804 bits per heavy atom. The molecule has 3 fully saturated rings. The van der Waals surface area contributed by atoms with E-state index in [0.717, 1.165) is 90.4 Å². The standard InChI is InChI=1S/C43H42FN5O6S/c44-35-23-32(55-40-34-9-6-31(51)22-38(34)56-41(40)27-1-4-30(50)5-2-27)7-10-36(35)48-15-13-26(14-16-48)24-46-17-19-47(20-18-46)29-3-8-33-28(21-29)25-49(43(33)54)37-11-12-39(52)45-42(37)53/h1-10,21-23,26,37,50-51H,11-20,24-25H2,(H,45,52,53). The summed E-state index contributed by atoms with van der Waals surface area (Å²) in [4.78, 5) is 46.6. The van der Waals surface area contributed by atoms with Crippen LogP contribution in [0.5, 0.6) is 23.0 Å². The Balaban J connectivity index is 0.783. The van der Waals surface area contributed by atoms with Crippen LogP contribution < -0.4 is 19.9 Å². The van der Waals surface area contributed by atoms with Crippen LogP contribution in [0.1, 0.15) is 41.6 Å². The summed E-state index contributed by atoms with van der Waals surface area (Å²) < 4.78 is 22.9. The topological polar surface area (TPSA) is 126 Å². The summed E-state index contributed by atoms with van der Waals surface area (Å²) in [6, 6.07) is 22.3. The molecule has 0 aliphatic carbocycles. The van der Waals surface area contributed by atoms with Crippen molar-refractivity contribution in [3.63, 3.8) is 0 Å². The number of rotatable bonds is 8. The number of piperazine rings is 1. The second-order valence-corrected chi connectivity index (χ2v) is 16.2. The van der Waals surface area contributed by atoms with Gasteiger partial charge in [0, 0.05) is 86.2 Å². The number of benzene rings is 4. The Morgan fingerprint density at radius 2 is 1.57 bits per heavy atom. The van der Waals surface area contributed by atoms with Gasteiger partial charge in [0.1, 0.15) is 29.1 Å². The summed E-state index contributed by atoms with van der Waals surface area (Å²) >= 11 is 1.46. The molecule has 5 heterocycles. The molecule has 9 rings (SSSR count). The van der Waals surface area contributed by atoms with Crippen LogP contribution in [0.2, 0.25) is 0 Å². The smallest absolute Gasteiger partial charge is 0.255 e. The number of anilines is 2. The zero-order valence-electron chi connectivity index (χ0n) is 30.7. The largest absolute Gasteiger partial charge is 0.508 e. The van der Waals surface area contributed by atoms with Gasteiger partial charge in [0.25, 0.3) is 5.91 Å². The van der Waals surface area contributed by atoms with Gasteiger partial charge >= 0.3 is 0 Å². The van der Waals surface area contributed by atoms with E-state index >= 15 is 4.39 Å². The van der Waals surface area contributed by atoms with Crippen molar-refractivity contribution in [2.45, 2.75) is 38.3 Å². The number of carbonyl (C=O) groups is 3. The van der Waals surface area contributed by atoms with Crippen LogP contribution in [0.3, 0.4) is 0 Å². The molecule has 3 amide bonds. The minimum absolute atomic E-state index is 0.152. The number of carbonyl (C=O) groups excluding carboxylic acids is 3. The first kappa shape index (κ1) is 36.0. The highest BCUT2D eigenvalue weighted by Gasteiger charge is 2.39. The van der Waals surface area contributed by atoms with Gasteiger partial charge in [-0.1, -0.05) is 0 Å². The molecule has 11 nitrogen and oxygen atoms in total. The molecule has 13 heteroatoms. The van der Waals surface area contributed by atoms with E-state index in [1.165, 1.54) is 17.4 Å². The van der Waals surface area contributed by atoms with Gasteiger partial charge in [-0.2, -0.15) is 0 Å². The highest BCUT2D eigenvalue weighted by Crippen LogP contribution is 2.47. The Bertz CT molecular complexity index is 2330. The molecular weight excluding hydrogens is 734 g/mol. The molecule has 56 heavy (non-hydrogen) atoms.